The summed E-state index contributed by atoms with van der Waals surface area (Å²) in [5.74, 6) is -0.266. The second kappa shape index (κ2) is 10.5. The molecular formula is C26H25ClN6O2. The molecule has 1 aliphatic rings. The first-order valence-electron chi connectivity index (χ1n) is 10.9. The maximum absolute atomic E-state index is 13.0. The monoisotopic (exact) mass is 488 g/mol. The molecule has 0 aliphatic carbocycles. The summed E-state index contributed by atoms with van der Waals surface area (Å²) in [6.07, 6.45) is 13.7. The molecule has 35 heavy (non-hydrogen) atoms. The molecule has 1 aromatic carbocycles. The van der Waals surface area contributed by atoms with Crippen LogP contribution >= 0.6 is 11.6 Å². The summed E-state index contributed by atoms with van der Waals surface area (Å²) in [6, 6.07) is 8.70. The van der Waals surface area contributed by atoms with Crippen LogP contribution in [0.5, 0.6) is 0 Å². The first kappa shape index (κ1) is 24.1. The van der Waals surface area contributed by atoms with E-state index in [-0.39, 0.29) is 17.8 Å². The largest absolute Gasteiger partial charge is 0.306 e. The zero-order valence-electron chi connectivity index (χ0n) is 19.6. The molecule has 0 unspecified atom stereocenters. The van der Waals surface area contributed by atoms with Crippen molar-refractivity contribution in [3.05, 3.63) is 95.6 Å². The number of rotatable bonds is 6. The van der Waals surface area contributed by atoms with Crippen LogP contribution in [0.2, 0.25) is 5.02 Å². The van der Waals surface area contributed by atoms with Gasteiger partial charge in [0.05, 0.1) is 21.8 Å². The van der Waals surface area contributed by atoms with E-state index in [1.807, 2.05) is 44.1 Å². The maximum Gasteiger partial charge on any atom is 0.258 e. The minimum Gasteiger partial charge on any atom is -0.306 e. The lowest BCUT2D eigenvalue weighted by molar-refractivity contribution is -0.121. The Labute approximate surface area is 208 Å². The van der Waals surface area contributed by atoms with Gasteiger partial charge in [-0.3, -0.25) is 29.4 Å². The van der Waals surface area contributed by atoms with Crippen molar-refractivity contribution in [2.75, 3.05) is 26.0 Å². The topological polar surface area (TPSA) is 83.4 Å². The van der Waals surface area contributed by atoms with E-state index in [2.05, 4.69) is 15.3 Å². The molecule has 0 atom stereocenters. The number of pyridine rings is 1. The first-order chi connectivity index (χ1) is 16.8. The molecule has 8 nitrogen and oxygen atoms in total. The number of hydrogen-bond acceptors (Lipinski definition) is 5. The average molecular weight is 489 g/mol. The minimum absolute atomic E-state index is 0.210. The molecule has 2 amide bonds. The molecule has 9 heteroatoms. The van der Waals surface area contributed by atoms with Gasteiger partial charge in [-0.15, -0.1) is 0 Å². The fraction of sp³-hybridized carbons (Fsp3) is 0.154. The number of fused-ring (bicyclic) bond motifs is 1. The number of benzene rings is 1. The first-order valence-corrected chi connectivity index (χ1v) is 11.3. The number of halogens is 1. The number of anilines is 1. The molecule has 178 valence electrons. The highest BCUT2D eigenvalue weighted by molar-refractivity contribution is 6.35. The molecule has 0 saturated carbocycles. The second-order valence-corrected chi connectivity index (χ2v) is 8.59. The van der Waals surface area contributed by atoms with Crippen LogP contribution in [0.3, 0.4) is 0 Å². The Balaban J connectivity index is 1.76. The van der Waals surface area contributed by atoms with Crippen LogP contribution in [0.4, 0.5) is 5.95 Å². The number of carbonyl (C=O) groups excluding carboxylic acids is 2. The zero-order valence-corrected chi connectivity index (χ0v) is 20.4. The number of para-hydroxylation sites is 1. The van der Waals surface area contributed by atoms with Crippen molar-refractivity contribution < 1.29 is 9.59 Å². The molecule has 4 rings (SSSR count). The number of allylic oxidation sites excluding steroid dienone is 4. The van der Waals surface area contributed by atoms with Crippen LogP contribution in [0.25, 0.3) is 16.7 Å². The molecule has 1 aliphatic heterocycles. The SMILES string of the molecule is Cc1cc(C(=O)Nc2nc3cccc(Cl)c3n2C2=CN(C(=O)/C=C/CN(C)C)C=CC=C2)ccn1. The zero-order chi connectivity index (χ0) is 24.9. The smallest absolute Gasteiger partial charge is 0.258 e. The Morgan fingerprint density at radius 3 is 2.80 bits per heavy atom. The van der Waals surface area contributed by atoms with Crippen molar-refractivity contribution in [3.63, 3.8) is 0 Å². The standard InChI is InChI=1S/C26H25ClN6O2/c1-18-16-19(12-13-28-18)25(35)30-26-29-22-10-6-9-21(27)24(22)33(26)20-8-4-5-15-32(17-20)23(34)11-7-14-31(2)3/h4-13,15-17H,14H2,1-3H3,(H,29,30,35)/b11-7+. The third-order valence-electron chi connectivity index (χ3n) is 5.15. The van der Waals surface area contributed by atoms with Gasteiger partial charge < -0.3 is 4.90 Å². The highest BCUT2D eigenvalue weighted by Crippen LogP contribution is 2.31. The van der Waals surface area contributed by atoms with Gasteiger partial charge in [0.15, 0.2) is 0 Å². The van der Waals surface area contributed by atoms with Crippen LogP contribution in [0.15, 0.2) is 79.3 Å². The lowest BCUT2D eigenvalue weighted by atomic mass is 10.2. The summed E-state index contributed by atoms with van der Waals surface area (Å²) in [6.45, 7) is 2.46. The van der Waals surface area contributed by atoms with Gasteiger partial charge in [-0.25, -0.2) is 4.98 Å². The number of aryl methyl sites for hydroxylation is 1. The summed E-state index contributed by atoms with van der Waals surface area (Å²) in [5.41, 5.74) is 3.00. The van der Waals surface area contributed by atoms with E-state index < -0.39 is 0 Å². The van der Waals surface area contributed by atoms with E-state index in [0.717, 1.165) is 5.69 Å². The molecule has 0 radical (unpaired) electrons. The summed E-state index contributed by atoms with van der Waals surface area (Å²) in [4.78, 5) is 38.1. The second-order valence-electron chi connectivity index (χ2n) is 8.18. The molecule has 3 heterocycles. The predicted molar refractivity (Wildman–Crippen MR) is 139 cm³/mol. The molecule has 1 N–H and O–H groups in total. The number of amides is 2. The lowest BCUT2D eigenvalue weighted by Gasteiger charge is -2.16. The fourth-order valence-electron chi connectivity index (χ4n) is 3.53. The molecular weight excluding hydrogens is 464 g/mol. The van der Waals surface area contributed by atoms with E-state index in [4.69, 9.17) is 11.6 Å². The van der Waals surface area contributed by atoms with E-state index in [0.29, 0.717) is 33.9 Å². The van der Waals surface area contributed by atoms with Crippen molar-refractivity contribution in [2.45, 2.75) is 6.92 Å². The molecule has 0 bridgehead atoms. The van der Waals surface area contributed by atoms with Gasteiger partial charge in [0, 0.05) is 42.5 Å². The number of aromatic nitrogens is 3. The Morgan fingerprint density at radius 1 is 1.20 bits per heavy atom. The van der Waals surface area contributed by atoms with Crippen LogP contribution in [0, 0.1) is 6.92 Å². The quantitative estimate of drug-likeness (QED) is 0.517. The highest BCUT2D eigenvalue weighted by Gasteiger charge is 2.20. The lowest BCUT2D eigenvalue weighted by Crippen LogP contribution is -2.20. The van der Waals surface area contributed by atoms with Crippen molar-refractivity contribution in [3.8, 4) is 0 Å². The van der Waals surface area contributed by atoms with E-state index >= 15 is 0 Å². The van der Waals surface area contributed by atoms with Crippen molar-refractivity contribution in [2.24, 2.45) is 0 Å². The molecule has 0 saturated heterocycles. The normalized spacial score (nSPS) is 13.5. The Morgan fingerprint density at radius 2 is 2.03 bits per heavy atom. The van der Waals surface area contributed by atoms with Gasteiger partial charge in [-0.05, 0) is 57.4 Å². The molecule has 0 spiro atoms. The van der Waals surface area contributed by atoms with Gasteiger partial charge in [0.25, 0.3) is 11.8 Å². The van der Waals surface area contributed by atoms with E-state index in [1.54, 1.807) is 59.6 Å². The van der Waals surface area contributed by atoms with Crippen LogP contribution in [0.1, 0.15) is 16.1 Å². The van der Waals surface area contributed by atoms with Crippen LogP contribution in [-0.2, 0) is 4.79 Å². The van der Waals surface area contributed by atoms with Crippen LogP contribution in [-0.4, -0.2) is 56.8 Å². The van der Waals surface area contributed by atoms with E-state index in [9.17, 15) is 9.59 Å². The van der Waals surface area contributed by atoms with Crippen LogP contribution < -0.4 is 5.32 Å². The van der Waals surface area contributed by atoms with E-state index in [1.165, 1.54) is 11.0 Å². The number of imidazole rings is 1. The molecule has 2 aromatic heterocycles. The Kier molecular flexibility index (Phi) is 7.24. The number of nitrogens with one attached hydrogen (secondary N) is 1. The highest BCUT2D eigenvalue weighted by atomic mass is 35.5. The van der Waals surface area contributed by atoms with Gasteiger partial charge in [0.2, 0.25) is 5.95 Å². The van der Waals surface area contributed by atoms with Gasteiger partial charge >= 0.3 is 0 Å². The molecule has 3 aromatic rings. The van der Waals surface area contributed by atoms with Gasteiger partial charge in [0.1, 0.15) is 0 Å². The number of likely N-dealkylation sites (N-methyl/N-ethyl adjacent to an activating group) is 1. The summed E-state index contributed by atoms with van der Waals surface area (Å²) in [5, 5.41) is 3.35. The summed E-state index contributed by atoms with van der Waals surface area (Å²) in [7, 11) is 3.86. The molecule has 0 fully saturated rings. The van der Waals surface area contributed by atoms with Gasteiger partial charge in [-0.2, -0.15) is 0 Å². The summed E-state index contributed by atoms with van der Waals surface area (Å²) >= 11 is 6.56. The Hall–Kier alpha value is -4.01. The van der Waals surface area contributed by atoms with Crippen molar-refractivity contribution >= 4 is 46.1 Å². The summed E-state index contributed by atoms with van der Waals surface area (Å²) < 4.78 is 1.73. The third-order valence-corrected chi connectivity index (χ3v) is 5.46. The van der Waals surface area contributed by atoms with Crippen molar-refractivity contribution in [1.82, 2.24) is 24.3 Å². The minimum atomic E-state index is -0.334. The third kappa shape index (κ3) is 5.56. The van der Waals surface area contributed by atoms with Crippen molar-refractivity contribution in [1.29, 1.82) is 0 Å². The average Bonchev–Trinajstić information content (AvgIpc) is 3.01. The number of hydrogen-bond donors (Lipinski definition) is 1. The Bertz CT molecular complexity index is 1400. The maximum atomic E-state index is 13.0. The van der Waals surface area contributed by atoms with Gasteiger partial charge in [-0.1, -0.05) is 29.8 Å². The number of nitrogens with zero attached hydrogens (tertiary/aromatic N) is 5. The number of carbonyl (C=O) groups is 2. The fourth-order valence-corrected chi connectivity index (χ4v) is 3.78. The predicted octanol–water partition coefficient (Wildman–Crippen LogP) is 4.47.